The van der Waals surface area contributed by atoms with Gasteiger partial charge in [-0.05, 0) is 41.8 Å². The maximum Gasteiger partial charge on any atom is 0.0991 e. The summed E-state index contributed by atoms with van der Waals surface area (Å²) in [6, 6.07) is 18.6. The second-order valence-electron chi connectivity index (χ2n) is 5.26. The second kappa shape index (κ2) is 4.99. The summed E-state index contributed by atoms with van der Waals surface area (Å²) in [7, 11) is 2.08. The van der Waals surface area contributed by atoms with Gasteiger partial charge in [0.25, 0.3) is 0 Å². The number of nitrogens with two attached hydrogens (primary N) is 1. The zero-order chi connectivity index (χ0) is 14.1. The van der Waals surface area contributed by atoms with Crippen molar-refractivity contribution < 1.29 is 0 Å². The summed E-state index contributed by atoms with van der Waals surface area (Å²) < 4.78 is 0. The molecule has 3 heteroatoms. The standard InChI is InChI=1S/C17H17N3/c1-20(13-8-6-12(11-18)7-9-13)17-10-16(19)14-4-2-3-5-15(14)17/h2-9,16-17H,10,19H2,1H3. The summed E-state index contributed by atoms with van der Waals surface area (Å²) in [4.78, 5) is 2.24. The number of nitriles is 1. The van der Waals surface area contributed by atoms with Crippen molar-refractivity contribution in [1.82, 2.24) is 0 Å². The van der Waals surface area contributed by atoms with Gasteiger partial charge in [-0.2, -0.15) is 5.26 Å². The highest BCUT2D eigenvalue weighted by atomic mass is 15.1. The third-order valence-electron chi connectivity index (χ3n) is 4.10. The van der Waals surface area contributed by atoms with E-state index < -0.39 is 0 Å². The van der Waals surface area contributed by atoms with Crippen LogP contribution in [-0.2, 0) is 0 Å². The van der Waals surface area contributed by atoms with Crippen molar-refractivity contribution in [3.63, 3.8) is 0 Å². The van der Waals surface area contributed by atoms with Gasteiger partial charge in [-0.15, -0.1) is 0 Å². The first-order chi connectivity index (χ1) is 9.70. The van der Waals surface area contributed by atoms with E-state index in [0.717, 1.165) is 12.1 Å². The average molecular weight is 263 g/mol. The van der Waals surface area contributed by atoms with Crippen molar-refractivity contribution in [3.05, 3.63) is 65.2 Å². The number of nitrogens with zero attached hydrogens (tertiary/aromatic N) is 2. The molecule has 0 bridgehead atoms. The Hall–Kier alpha value is -2.31. The first-order valence-corrected chi connectivity index (χ1v) is 6.78. The van der Waals surface area contributed by atoms with Gasteiger partial charge < -0.3 is 10.6 Å². The Morgan fingerprint density at radius 2 is 1.75 bits per heavy atom. The molecule has 3 nitrogen and oxygen atoms in total. The van der Waals surface area contributed by atoms with E-state index in [4.69, 9.17) is 11.0 Å². The van der Waals surface area contributed by atoms with Crippen LogP contribution in [0.15, 0.2) is 48.5 Å². The summed E-state index contributed by atoms with van der Waals surface area (Å²) in [6.07, 6.45) is 0.926. The minimum Gasteiger partial charge on any atom is -0.367 e. The maximum atomic E-state index is 8.86. The topological polar surface area (TPSA) is 53.0 Å². The summed E-state index contributed by atoms with van der Waals surface area (Å²) in [5, 5.41) is 8.86. The van der Waals surface area contributed by atoms with Crippen LogP contribution >= 0.6 is 0 Å². The highest BCUT2D eigenvalue weighted by Crippen LogP contribution is 2.41. The molecule has 2 atom stereocenters. The molecule has 2 unspecified atom stereocenters. The third kappa shape index (κ3) is 2.04. The van der Waals surface area contributed by atoms with Crippen molar-refractivity contribution >= 4 is 5.69 Å². The van der Waals surface area contributed by atoms with Gasteiger partial charge in [0.15, 0.2) is 0 Å². The van der Waals surface area contributed by atoms with Gasteiger partial charge in [0.2, 0.25) is 0 Å². The van der Waals surface area contributed by atoms with Gasteiger partial charge in [-0.25, -0.2) is 0 Å². The Balaban J connectivity index is 1.92. The fourth-order valence-corrected chi connectivity index (χ4v) is 2.96. The third-order valence-corrected chi connectivity index (χ3v) is 4.10. The Bertz CT molecular complexity index is 655. The fourth-order valence-electron chi connectivity index (χ4n) is 2.96. The molecule has 0 aliphatic heterocycles. The molecule has 0 amide bonds. The monoisotopic (exact) mass is 263 g/mol. The van der Waals surface area contributed by atoms with E-state index in [-0.39, 0.29) is 6.04 Å². The number of rotatable bonds is 2. The molecule has 0 fully saturated rings. The lowest BCUT2D eigenvalue weighted by Gasteiger charge is -2.27. The van der Waals surface area contributed by atoms with Gasteiger partial charge in [-0.1, -0.05) is 24.3 Å². The molecule has 1 aliphatic rings. The molecule has 0 saturated heterocycles. The Kier molecular flexibility index (Phi) is 3.17. The van der Waals surface area contributed by atoms with Crippen molar-refractivity contribution in [2.24, 2.45) is 5.73 Å². The molecule has 2 aromatic carbocycles. The summed E-state index contributed by atoms with van der Waals surface area (Å²) >= 11 is 0. The van der Waals surface area contributed by atoms with Crippen LogP contribution in [0, 0.1) is 11.3 Å². The molecule has 0 radical (unpaired) electrons. The predicted molar refractivity (Wildman–Crippen MR) is 80.3 cm³/mol. The molecule has 20 heavy (non-hydrogen) atoms. The van der Waals surface area contributed by atoms with E-state index in [1.807, 2.05) is 30.3 Å². The molecular formula is C17H17N3. The van der Waals surface area contributed by atoms with Gasteiger partial charge >= 0.3 is 0 Å². The van der Waals surface area contributed by atoms with Gasteiger partial charge in [0, 0.05) is 18.8 Å². The van der Waals surface area contributed by atoms with Gasteiger partial charge in [0.05, 0.1) is 17.7 Å². The molecule has 0 aromatic heterocycles. The lowest BCUT2D eigenvalue weighted by molar-refractivity contribution is 0.594. The Labute approximate surface area is 119 Å². The Morgan fingerprint density at radius 1 is 1.10 bits per heavy atom. The second-order valence-corrected chi connectivity index (χ2v) is 5.26. The molecule has 0 saturated carbocycles. The summed E-state index contributed by atoms with van der Waals surface area (Å²) in [6.45, 7) is 0. The largest absolute Gasteiger partial charge is 0.367 e. The van der Waals surface area contributed by atoms with Crippen LogP contribution in [0.1, 0.15) is 35.2 Å². The van der Waals surface area contributed by atoms with Crippen LogP contribution in [0.25, 0.3) is 0 Å². The minimum atomic E-state index is 0.108. The molecule has 0 spiro atoms. The first kappa shape index (κ1) is 12.7. The Morgan fingerprint density at radius 3 is 2.40 bits per heavy atom. The van der Waals surface area contributed by atoms with Crippen molar-refractivity contribution in [2.45, 2.75) is 18.5 Å². The van der Waals surface area contributed by atoms with E-state index in [0.29, 0.717) is 11.6 Å². The average Bonchev–Trinajstić information content (AvgIpc) is 2.84. The molecule has 2 N–H and O–H groups in total. The highest BCUT2D eigenvalue weighted by Gasteiger charge is 2.30. The van der Waals surface area contributed by atoms with Gasteiger partial charge in [-0.3, -0.25) is 0 Å². The molecular weight excluding hydrogens is 246 g/mol. The number of anilines is 1. The number of fused-ring (bicyclic) bond motifs is 1. The van der Waals surface area contributed by atoms with Crippen LogP contribution in [0.2, 0.25) is 0 Å². The lowest BCUT2D eigenvalue weighted by Crippen LogP contribution is -2.22. The molecule has 2 aromatic rings. The molecule has 100 valence electrons. The minimum absolute atomic E-state index is 0.108. The van der Waals surface area contributed by atoms with Gasteiger partial charge in [0.1, 0.15) is 0 Å². The van der Waals surface area contributed by atoms with Crippen LogP contribution < -0.4 is 10.6 Å². The van der Waals surface area contributed by atoms with Crippen molar-refractivity contribution in [3.8, 4) is 6.07 Å². The van der Waals surface area contributed by atoms with E-state index in [2.05, 4.69) is 36.2 Å². The van der Waals surface area contributed by atoms with Crippen LogP contribution in [0.3, 0.4) is 0 Å². The van der Waals surface area contributed by atoms with Crippen LogP contribution in [0.5, 0.6) is 0 Å². The number of benzene rings is 2. The predicted octanol–water partition coefficient (Wildman–Crippen LogP) is 3.14. The fraction of sp³-hybridized carbons (Fsp3) is 0.235. The molecule has 1 aliphatic carbocycles. The van der Waals surface area contributed by atoms with Crippen LogP contribution in [0.4, 0.5) is 5.69 Å². The van der Waals surface area contributed by atoms with E-state index in [1.54, 1.807) is 0 Å². The van der Waals surface area contributed by atoms with E-state index >= 15 is 0 Å². The maximum absolute atomic E-state index is 8.86. The molecule has 0 heterocycles. The first-order valence-electron chi connectivity index (χ1n) is 6.78. The quantitative estimate of drug-likeness (QED) is 0.905. The van der Waals surface area contributed by atoms with Crippen molar-refractivity contribution in [2.75, 3.05) is 11.9 Å². The van der Waals surface area contributed by atoms with Crippen molar-refractivity contribution in [1.29, 1.82) is 5.26 Å². The smallest absolute Gasteiger partial charge is 0.0991 e. The zero-order valence-corrected chi connectivity index (χ0v) is 11.5. The molecule has 3 rings (SSSR count). The number of hydrogen-bond acceptors (Lipinski definition) is 3. The summed E-state index contributed by atoms with van der Waals surface area (Å²) in [5.74, 6) is 0. The highest BCUT2D eigenvalue weighted by molar-refractivity contribution is 5.53. The van der Waals surface area contributed by atoms with E-state index in [9.17, 15) is 0 Å². The normalized spacial score (nSPS) is 20.2. The SMILES string of the molecule is CN(c1ccc(C#N)cc1)C1CC(N)c2ccccc21. The van der Waals surface area contributed by atoms with Crippen LogP contribution in [-0.4, -0.2) is 7.05 Å². The summed E-state index contributed by atoms with van der Waals surface area (Å²) in [5.41, 5.74) is 10.6. The number of hydrogen-bond donors (Lipinski definition) is 1. The lowest BCUT2D eigenvalue weighted by atomic mass is 10.1. The van der Waals surface area contributed by atoms with E-state index in [1.165, 1.54) is 11.1 Å². The zero-order valence-electron chi connectivity index (χ0n) is 11.5.